The summed E-state index contributed by atoms with van der Waals surface area (Å²) in [6.45, 7) is 5.48. The molecule has 1 fully saturated rings. The number of ether oxygens (including phenoxy) is 1. The minimum atomic E-state index is 0.705. The SMILES string of the molecule is CCc1c(C=O)[nH]c2cc(N3CCOCC3)ccc12.CO. The van der Waals surface area contributed by atoms with E-state index >= 15 is 0 Å². The molecule has 5 nitrogen and oxygen atoms in total. The molecule has 1 saturated heterocycles. The lowest BCUT2D eigenvalue weighted by atomic mass is 10.1. The van der Waals surface area contributed by atoms with E-state index in [0.29, 0.717) is 5.69 Å². The molecule has 2 aromatic rings. The Bertz CT molecular complexity index is 601. The van der Waals surface area contributed by atoms with Gasteiger partial charge in [0, 0.05) is 36.8 Å². The molecule has 0 aliphatic carbocycles. The second-order valence-electron chi connectivity index (χ2n) is 4.82. The number of carbonyl (C=O) groups is 1. The highest BCUT2D eigenvalue weighted by molar-refractivity contribution is 5.93. The zero-order valence-corrected chi connectivity index (χ0v) is 12.6. The molecule has 1 aliphatic heterocycles. The molecule has 2 heterocycles. The minimum Gasteiger partial charge on any atom is -0.400 e. The van der Waals surface area contributed by atoms with E-state index < -0.39 is 0 Å². The third kappa shape index (κ3) is 3.09. The monoisotopic (exact) mass is 290 g/mol. The summed E-state index contributed by atoms with van der Waals surface area (Å²) in [5, 5.41) is 8.15. The quantitative estimate of drug-likeness (QED) is 0.848. The fourth-order valence-corrected chi connectivity index (χ4v) is 2.76. The molecule has 21 heavy (non-hydrogen) atoms. The number of anilines is 1. The fourth-order valence-electron chi connectivity index (χ4n) is 2.76. The lowest BCUT2D eigenvalue weighted by Crippen LogP contribution is -2.36. The van der Waals surface area contributed by atoms with Crippen LogP contribution in [-0.4, -0.2) is 49.8 Å². The Morgan fingerprint density at radius 1 is 1.33 bits per heavy atom. The van der Waals surface area contributed by atoms with E-state index in [1.54, 1.807) is 0 Å². The maximum atomic E-state index is 11.1. The van der Waals surface area contributed by atoms with Crippen LogP contribution in [0.3, 0.4) is 0 Å². The van der Waals surface area contributed by atoms with Gasteiger partial charge < -0.3 is 19.7 Å². The molecule has 0 unspecified atom stereocenters. The predicted molar refractivity (Wildman–Crippen MR) is 84.2 cm³/mol. The number of hydrogen-bond donors (Lipinski definition) is 2. The van der Waals surface area contributed by atoms with E-state index in [-0.39, 0.29) is 0 Å². The Labute approximate surface area is 124 Å². The highest BCUT2D eigenvalue weighted by Gasteiger charge is 2.14. The molecule has 3 rings (SSSR count). The van der Waals surface area contributed by atoms with Crippen LogP contribution in [0.5, 0.6) is 0 Å². The first-order valence-corrected chi connectivity index (χ1v) is 7.20. The topological polar surface area (TPSA) is 65.6 Å². The van der Waals surface area contributed by atoms with Crippen LogP contribution in [0.2, 0.25) is 0 Å². The maximum absolute atomic E-state index is 11.1. The van der Waals surface area contributed by atoms with Gasteiger partial charge in [-0.15, -0.1) is 0 Å². The molecule has 114 valence electrons. The second-order valence-corrected chi connectivity index (χ2v) is 4.82. The summed E-state index contributed by atoms with van der Waals surface area (Å²) in [5.41, 5.74) is 4.05. The van der Waals surface area contributed by atoms with Gasteiger partial charge in [-0.1, -0.05) is 13.0 Å². The van der Waals surface area contributed by atoms with Crippen molar-refractivity contribution in [2.75, 3.05) is 38.3 Å². The number of aromatic amines is 1. The molecular weight excluding hydrogens is 268 g/mol. The van der Waals surface area contributed by atoms with Crippen molar-refractivity contribution in [2.24, 2.45) is 0 Å². The maximum Gasteiger partial charge on any atom is 0.166 e. The number of H-pyrrole nitrogens is 1. The van der Waals surface area contributed by atoms with Crippen molar-refractivity contribution in [1.29, 1.82) is 0 Å². The van der Waals surface area contributed by atoms with Crippen molar-refractivity contribution in [3.63, 3.8) is 0 Å². The Kier molecular flexibility index (Phi) is 5.36. The van der Waals surface area contributed by atoms with Gasteiger partial charge in [0.25, 0.3) is 0 Å². The summed E-state index contributed by atoms with van der Waals surface area (Å²) < 4.78 is 5.37. The number of hydrogen-bond acceptors (Lipinski definition) is 4. The largest absolute Gasteiger partial charge is 0.400 e. The molecule has 2 N–H and O–H groups in total. The first-order valence-electron chi connectivity index (χ1n) is 7.20. The van der Waals surface area contributed by atoms with Crippen molar-refractivity contribution in [3.8, 4) is 0 Å². The van der Waals surface area contributed by atoms with Gasteiger partial charge in [0.2, 0.25) is 0 Å². The summed E-state index contributed by atoms with van der Waals surface area (Å²) in [7, 11) is 1.00. The van der Waals surface area contributed by atoms with Gasteiger partial charge in [0.15, 0.2) is 6.29 Å². The standard InChI is InChI=1S/C15H18N2O2.CH4O/c1-2-12-13-4-3-11(17-5-7-19-8-6-17)9-14(13)16-15(12)10-18;1-2/h3-4,9-10,16H,2,5-8H2,1H3;2H,1H3. The summed E-state index contributed by atoms with van der Waals surface area (Å²) in [5.74, 6) is 0. The molecule has 0 saturated carbocycles. The summed E-state index contributed by atoms with van der Waals surface area (Å²) >= 11 is 0. The number of nitrogens with one attached hydrogen (secondary N) is 1. The third-order valence-electron chi connectivity index (χ3n) is 3.77. The number of nitrogens with zero attached hydrogens (tertiary/aromatic N) is 1. The molecule has 1 aliphatic rings. The van der Waals surface area contributed by atoms with Crippen LogP contribution in [0.25, 0.3) is 10.9 Å². The first-order chi connectivity index (χ1) is 10.3. The van der Waals surface area contributed by atoms with E-state index in [0.717, 1.165) is 62.6 Å². The molecular formula is C16H22N2O3. The van der Waals surface area contributed by atoms with Gasteiger partial charge in [0.05, 0.1) is 18.9 Å². The van der Waals surface area contributed by atoms with Gasteiger partial charge in [0.1, 0.15) is 0 Å². The van der Waals surface area contributed by atoms with Crippen LogP contribution in [0.15, 0.2) is 18.2 Å². The van der Waals surface area contributed by atoms with Crippen molar-refractivity contribution >= 4 is 22.9 Å². The van der Waals surface area contributed by atoms with Crippen LogP contribution >= 0.6 is 0 Å². The lowest BCUT2D eigenvalue weighted by molar-refractivity contribution is 0.111. The molecule has 0 spiro atoms. The lowest BCUT2D eigenvalue weighted by Gasteiger charge is -2.28. The van der Waals surface area contributed by atoms with E-state index in [9.17, 15) is 4.79 Å². The molecule has 0 radical (unpaired) electrons. The van der Waals surface area contributed by atoms with Gasteiger partial charge in [-0.2, -0.15) is 0 Å². The number of benzene rings is 1. The summed E-state index contributed by atoms with van der Waals surface area (Å²) in [6.07, 6.45) is 1.78. The minimum absolute atomic E-state index is 0.705. The number of aldehydes is 1. The number of aliphatic hydroxyl groups is 1. The number of carbonyl (C=O) groups excluding carboxylic acids is 1. The average molecular weight is 290 g/mol. The normalized spacial score (nSPS) is 14.7. The number of aromatic nitrogens is 1. The molecule has 5 heteroatoms. The van der Waals surface area contributed by atoms with Crippen molar-refractivity contribution in [3.05, 3.63) is 29.5 Å². The Morgan fingerprint density at radius 2 is 2.05 bits per heavy atom. The molecule has 0 amide bonds. The van der Waals surface area contributed by atoms with Gasteiger partial charge in [-0.25, -0.2) is 0 Å². The van der Waals surface area contributed by atoms with E-state index in [4.69, 9.17) is 9.84 Å². The Morgan fingerprint density at radius 3 is 2.67 bits per heavy atom. The molecule has 1 aromatic heterocycles. The molecule has 1 aromatic carbocycles. The van der Waals surface area contributed by atoms with Gasteiger partial charge in [-0.05, 0) is 24.1 Å². The molecule has 0 bridgehead atoms. The number of fused-ring (bicyclic) bond motifs is 1. The smallest absolute Gasteiger partial charge is 0.166 e. The average Bonchev–Trinajstić information content (AvgIpc) is 2.94. The van der Waals surface area contributed by atoms with Crippen LogP contribution in [0.4, 0.5) is 5.69 Å². The first kappa shape index (κ1) is 15.5. The zero-order chi connectivity index (χ0) is 15.2. The van der Waals surface area contributed by atoms with Crippen LogP contribution in [0, 0.1) is 0 Å². The summed E-state index contributed by atoms with van der Waals surface area (Å²) in [4.78, 5) is 16.6. The van der Waals surface area contributed by atoms with E-state index in [1.807, 2.05) is 0 Å². The van der Waals surface area contributed by atoms with Crippen LogP contribution < -0.4 is 4.90 Å². The molecule has 0 atom stereocenters. The number of aliphatic hydroxyl groups excluding tert-OH is 1. The number of aryl methyl sites for hydroxylation is 1. The number of morpholine rings is 1. The predicted octanol–water partition coefficient (Wildman–Crippen LogP) is 1.99. The van der Waals surface area contributed by atoms with Gasteiger partial charge >= 0.3 is 0 Å². The van der Waals surface area contributed by atoms with Gasteiger partial charge in [-0.3, -0.25) is 4.79 Å². The van der Waals surface area contributed by atoms with E-state index in [2.05, 4.69) is 35.0 Å². The second kappa shape index (κ2) is 7.24. The Hall–Kier alpha value is -1.85. The Balaban J connectivity index is 0.000000774. The van der Waals surface area contributed by atoms with Crippen LogP contribution in [-0.2, 0) is 11.2 Å². The third-order valence-corrected chi connectivity index (χ3v) is 3.77. The highest BCUT2D eigenvalue weighted by atomic mass is 16.5. The van der Waals surface area contributed by atoms with Crippen molar-refractivity contribution in [1.82, 2.24) is 4.98 Å². The van der Waals surface area contributed by atoms with Crippen molar-refractivity contribution in [2.45, 2.75) is 13.3 Å². The number of rotatable bonds is 3. The van der Waals surface area contributed by atoms with Crippen molar-refractivity contribution < 1.29 is 14.6 Å². The summed E-state index contributed by atoms with van der Waals surface area (Å²) in [6, 6.07) is 6.38. The van der Waals surface area contributed by atoms with E-state index in [1.165, 1.54) is 5.69 Å². The van der Waals surface area contributed by atoms with Crippen LogP contribution in [0.1, 0.15) is 23.0 Å². The fraction of sp³-hybridized carbons (Fsp3) is 0.438. The highest BCUT2D eigenvalue weighted by Crippen LogP contribution is 2.27. The zero-order valence-electron chi connectivity index (χ0n) is 12.6.